The molecule has 4 N–H and O–H groups in total. The number of aliphatic carboxylic acids is 1. The molecule has 1 aliphatic carbocycles. The number of carboxylic acids is 1. The molecule has 0 radical (unpaired) electrons. The average molecular weight is 479 g/mol. The fourth-order valence-electron chi connectivity index (χ4n) is 4.27. The van der Waals surface area contributed by atoms with Gasteiger partial charge in [-0.1, -0.05) is 55.5 Å². The number of rotatable bonds is 9. The summed E-state index contributed by atoms with van der Waals surface area (Å²) in [5.74, 6) is -1.93. The van der Waals surface area contributed by atoms with Crippen LogP contribution in [-0.2, 0) is 14.3 Å². The van der Waals surface area contributed by atoms with Crippen molar-refractivity contribution in [1.29, 1.82) is 0 Å². The van der Waals surface area contributed by atoms with Crippen molar-refractivity contribution in [3.05, 3.63) is 71.4 Å². The smallest absolute Gasteiger partial charge is 0.412 e. The van der Waals surface area contributed by atoms with E-state index in [-0.39, 0.29) is 37.1 Å². The number of benzene rings is 2. The van der Waals surface area contributed by atoms with E-state index in [9.17, 15) is 19.5 Å². The number of methoxy groups -OCH3 is 1. The maximum atomic E-state index is 12.6. The molecule has 3 aromatic rings. The average Bonchev–Trinajstić information content (AvgIpc) is 3.45. The first-order valence-corrected chi connectivity index (χ1v) is 11.1. The van der Waals surface area contributed by atoms with E-state index in [4.69, 9.17) is 9.47 Å². The van der Waals surface area contributed by atoms with Crippen LogP contribution in [0.1, 0.15) is 40.9 Å². The molecular formula is C25H26N4O6. The summed E-state index contributed by atoms with van der Waals surface area (Å²) in [5.41, 5.74) is 2.82. The van der Waals surface area contributed by atoms with Crippen molar-refractivity contribution >= 4 is 23.8 Å². The van der Waals surface area contributed by atoms with Gasteiger partial charge in [0, 0.05) is 19.1 Å². The SMILES string of the molecule is CCC(COC)(NC(=O)c1cc(NC(=O)OCC2c3ccccc3-c3ccccc32)n[nH]1)C(=O)O. The Bertz CT molecular complexity index is 1210. The van der Waals surface area contributed by atoms with Gasteiger partial charge in [-0.05, 0) is 28.7 Å². The molecule has 2 amide bonds. The zero-order valence-corrected chi connectivity index (χ0v) is 19.3. The highest BCUT2D eigenvalue weighted by atomic mass is 16.5. The second-order valence-electron chi connectivity index (χ2n) is 8.25. The number of aromatic nitrogens is 2. The minimum atomic E-state index is -1.59. The number of carboxylic acid groups (broad SMARTS) is 1. The number of H-pyrrole nitrogens is 1. The molecule has 0 saturated heterocycles. The summed E-state index contributed by atoms with van der Waals surface area (Å²) in [6.45, 7) is 1.56. The number of anilines is 1. The highest BCUT2D eigenvalue weighted by Gasteiger charge is 2.39. The van der Waals surface area contributed by atoms with Gasteiger partial charge in [0.25, 0.3) is 5.91 Å². The zero-order chi connectivity index (χ0) is 25.0. The second-order valence-corrected chi connectivity index (χ2v) is 8.25. The van der Waals surface area contributed by atoms with E-state index in [2.05, 4.69) is 33.0 Å². The normalized spacial score (nSPS) is 13.9. The molecule has 10 nitrogen and oxygen atoms in total. The largest absolute Gasteiger partial charge is 0.479 e. The van der Waals surface area contributed by atoms with Crippen LogP contribution in [-0.4, -0.2) is 59.1 Å². The Hall–Kier alpha value is -4.18. The molecule has 1 aromatic heterocycles. The molecule has 0 bridgehead atoms. The van der Waals surface area contributed by atoms with Crippen molar-refractivity contribution in [2.75, 3.05) is 25.6 Å². The van der Waals surface area contributed by atoms with Crippen LogP contribution in [0.25, 0.3) is 11.1 Å². The van der Waals surface area contributed by atoms with Crippen LogP contribution >= 0.6 is 0 Å². The summed E-state index contributed by atoms with van der Waals surface area (Å²) in [6.07, 6.45) is -0.612. The quantitative estimate of drug-likeness (QED) is 0.369. The second kappa shape index (κ2) is 9.98. The van der Waals surface area contributed by atoms with Crippen LogP contribution in [0.5, 0.6) is 0 Å². The fraction of sp³-hybridized carbons (Fsp3) is 0.280. The van der Waals surface area contributed by atoms with Gasteiger partial charge in [-0.25, -0.2) is 9.59 Å². The zero-order valence-electron chi connectivity index (χ0n) is 19.3. The lowest BCUT2D eigenvalue weighted by molar-refractivity contribution is -0.147. The van der Waals surface area contributed by atoms with Crippen molar-refractivity contribution in [3.63, 3.8) is 0 Å². The van der Waals surface area contributed by atoms with Crippen LogP contribution in [0, 0.1) is 0 Å². The first-order chi connectivity index (χ1) is 16.9. The van der Waals surface area contributed by atoms with Crippen molar-refractivity contribution in [1.82, 2.24) is 15.5 Å². The van der Waals surface area contributed by atoms with Crippen molar-refractivity contribution in [3.8, 4) is 11.1 Å². The monoisotopic (exact) mass is 478 g/mol. The Kier molecular flexibility index (Phi) is 6.83. The Labute approximate surface area is 201 Å². The van der Waals surface area contributed by atoms with Gasteiger partial charge in [0.15, 0.2) is 11.4 Å². The number of fused-ring (bicyclic) bond motifs is 3. The van der Waals surface area contributed by atoms with Crippen molar-refractivity contribution in [2.24, 2.45) is 0 Å². The molecule has 2 aromatic carbocycles. The molecule has 0 fully saturated rings. The molecule has 1 heterocycles. The van der Waals surface area contributed by atoms with Crippen LogP contribution in [0.15, 0.2) is 54.6 Å². The summed E-state index contributed by atoms with van der Waals surface area (Å²) in [6, 6.07) is 17.3. The van der Waals surface area contributed by atoms with E-state index in [1.165, 1.54) is 13.2 Å². The Morgan fingerprint density at radius 2 is 1.71 bits per heavy atom. The Morgan fingerprint density at radius 1 is 1.09 bits per heavy atom. The van der Waals surface area contributed by atoms with Gasteiger partial charge >= 0.3 is 12.1 Å². The number of ether oxygens (including phenoxy) is 2. The van der Waals surface area contributed by atoms with Gasteiger partial charge in [0.2, 0.25) is 0 Å². The topological polar surface area (TPSA) is 143 Å². The number of nitrogens with zero attached hydrogens (tertiary/aromatic N) is 1. The molecule has 1 aliphatic rings. The minimum Gasteiger partial charge on any atom is -0.479 e. The summed E-state index contributed by atoms with van der Waals surface area (Å²) in [7, 11) is 1.35. The van der Waals surface area contributed by atoms with Crippen molar-refractivity contribution < 1.29 is 29.0 Å². The number of hydrogen-bond acceptors (Lipinski definition) is 6. The molecule has 0 spiro atoms. The standard InChI is InChI=1S/C25H26N4O6/c1-3-25(14-34-2,23(31)32)27-22(30)20-12-21(29-28-20)26-24(33)35-13-19-17-10-6-4-8-15(17)16-9-5-7-11-18(16)19/h4-12,19H,3,13-14H2,1-2H3,(H,27,30)(H,31,32)(H2,26,28,29,33). The van der Waals surface area contributed by atoms with E-state index in [0.717, 1.165) is 22.3 Å². The van der Waals surface area contributed by atoms with Gasteiger partial charge < -0.3 is 19.9 Å². The van der Waals surface area contributed by atoms with E-state index in [0.29, 0.717) is 0 Å². The number of hydrogen-bond donors (Lipinski definition) is 4. The molecule has 0 aliphatic heterocycles. The van der Waals surface area contributed by atoms with Crippen LogP contribution in [0.4, 0.5) is 10.6 Å². The lowest BCUT2D eigenvalue weighted by atomic mass is 9.97. The lowest BCUT2D eigenvalue weighted by Crippen LogP contribution is -2.57. The molecular weight excluding hydrogens is 452 g/mol. The maximum Gasteiger partial charge on any atom is 0.412 e. The van der Waals surface area contributed by atoms with Crippen LogP contribution in [0.3, 0.4) is 0 Å². The number of carbonyl (C=O) groups is 3. The molecule has 0 saturated carbocycles. The first-order valence-electron chi connectivity index (χ1n) is 11.1. The molecule has 182 valence electrons. The number of amides is 2. The summed E-state index contributed by atoms with van der Waals surface area (Å²) in [4.78, 5) is 36.7. The number of aromatic amines is 1. The highest BCUT2D eigenvalue weighted by molar-refractivity contribution is 5.97. The van der Waals surface area contributed by atoms with Gasteiger partial charge in [0.05, 0.1) is 6.61 Å². The van der Waals surface area contributed by atoms with Gasteiger partial charge in [-0.2, -0.15) is 5.10 Å². The third-order valence-electron chi connectivity index (χ3n) is 6.15. The molecule has 4 rings (SSSR count). The lowest BCUT2D eigenvalue weighted by Gasteiger charge is -2.28. The predicted molar refractivity (Wildman–Crippen MR) is 127 cm³/mol. The highest BCUT2D eigenvalue weighted by Crippen LogP contribution is 2.44. The first kappa shape index (κ1) is 24.0. The number of nitrogens with one attached hydrogen (secondary N) is 3. The molecule has 35 heavy (non-hydrogen) atoms. The minimum absolute atomic E-state index is 0.0193. The number of carbonyl (C=O) groups excluding carboxylic acids is 2. The summed E-state index contributed by atoms with van der Waals surface area (Å²) >= 11 is 0. The molecule has 1 unspecified atom stereocenters. The third-order valence-corrected chi connectivity index (χ3v) is 6.15. The Balaban J connectivity index is 1.39. The summed E-state index contributed by atoms with van der Waals surface area (Å²) < 4.78 is 10.4. The Morgan fingerprint density at radius 3 is 2.29 bits per heavy atom. The van der Waals surface area contributed by atoms with Crippen molar-refractivity contribution in [2.45, 2.75) is 24.8 Å². The maximum absolute atomic E-state index is 12.6. The molecule has 10 heteroatoms. The van der Waals surface area contributed by atoms with Gasteiger partial charge in [0.1, 0.15) is 12.3 Å². The van der Waals surface area contributed by atoms with E-state index in [1.54, 1.807) is 6.92 Å². The summed E-state index contributed by atoms with van der Waals surface area (Å²) in [5, 5.41) is 20.9. The predicted octanol–water partition coefficient (Wildman–Crippen LogP) is 3.38. The molecule has 1 atom stereocenters. The van der Waals surface area contributed by atoms with Crippen LogP contribution < -0.4 is 10.6 Å². The van der Waals surface area contributed by atoms with E-state index in [1.807, 2.05) is 36.4 Å². The van der Waals surface area contributed by atoms with E-state index < -0.39 is 23.5 Å². The fourth-order valence-corrected chi connectivity index (χ4v) is 4.27. The van der Waals surface area contributed by atoms with E-state index >= 15 is 0 Å². The third kappa shape index (κ3) is 4.73. The van der Waals surface area contributed by atoms with Crippen LogP contribution in [0.2, 0.25) is 0 Å². The van der Waals surface area contributed by atoms with Gasteiger partial charge in [-0.3, -0.25) is 15.2 Å². The van der Waals surface area contributed by atoms with Gasteiger partial charge in [-0.15, -0.1) is 0 Å².